The molecule has 0 saturated carbocycles. The van der Waals surface area contributed by atoms with Crippen LogP contribution in [0.1, 0.15) is 6.92 Å². The first-order valence-electron chi connectivity index (χ1n) is 2.27. The number of rotatable bonds is 2. The second kappa shape index (κ2) is 5.59. The molecule has 0 spiro atoms. The van der Waals surface area contributed by atoms with Crippen molar-refractivity contribution in [3.05, 3.63) is 11.6 Å². The van der Waals surface area contributed by atoms with E-state index in [1.807, 2.05) is 0 Å². The van der Waals surface area contributed by atoms with E-state index in [0.717, 1.165) is 6.08 Å². The number of carboxylic acids is 1. The summed E-state index contributed by atoms with van der Waals surface area (Å²) in [5, 5.41) is 8.08. The topological polar surface area (TPSA) is 63.3 Å². The highest BCUT2D eigenvalue weighted by Crippen LogP contribution is 1.85. The van der Waals surface area contributed by atoms with E-state index in [0.29, 0.717) is 12.1 Å². The normalized spacial score (nSPS) is 10.2. The van der Waals surface area contributed by atoms with Gasteiger partial charge in [0.15, 0.2) is 0 Å². The van der Waals surface area contributed by atoms with E-state index in [-0.39, 0.29) is 12.4 Å². The van der Waals surface area contributed by atoms with Crippen LogP contribution in [-0.2, 0) is 4.79 Å². The lowest BCUT2D eigenvalue weighted by Gasteiger charge is -1.88. The Morgan fingerprint density at radius 1 is 1.78 bits per heavy atom. The Labute approximate surface area is 60.0 Å². The van der Waals surface area contributed by atoms with Crippen LogP contribution in [0.15, 0.2) is 11.6 Å². The molecule has 9 heavy (non-hydrogen) atoms. The Morgan fingerprint density at radius 2 is 2.22 bits per heavy atom. The number of hydrogen-bond acceptors (Lipinski definition) is 2. The lowest BCUT2D eigenvalue weighted by atomic mass is 10.3. The molecule has 3 nitrogen and oxygen atoms in total. The third-order valence-electron chi connectivity index (χ3n) is 0.692. The van der Waals surface area contributed by atoms with E-state index >= 15 is 0 Å². The quantitative estimate of drug-likeness (QED) is 0.562. The summed E-state index contributed by atoms with van der Waals surface area (Å²) in [5.74, 6) is -0.937. The molecule has 0 aliphatic heterocycles. The van der Waals surface area contributed by atoms with Gasteiger partial charge in [0.05, 0.1) is 0 Å². The zero-order valence-electron chi connectivity index (χ0n) is 5.13. The van der Waals surface area contributed by atoms with Gasteiger partial charge in [0, 0.05) is 12.6 Å². The Kier molecular flexibility index (Phi) is 7.01. The third-order valence-corrected chi connectivity index (χ3v) is 0.692. The lowest BCUT2D eigenvalue weighted by molar-refractivity contribution is -0.131. The van der Waals surface area contributed by atoms with Crippen molar-refractivity contribution in [2.75, 3.05) is 6.54 Å². The monoisotopic (exact) mass is 151 g/mol. The van der Waals surface area contributed by atoms with Crippen molar-refractivity contribution in [2.45, 2.75) is 6.92 Å². The minimum absolute atomic E-state index is 0. The number of carboxylic acid groups (broad SMARTS) is 1. The van der Waals surface area contributed by atoms with Crippen LogP contribution in [0, 0.1) is 0 Å². The first-order chi connectivity index (χ1) is 3.66. The van der Waals surface area contributed by atoms with Crippen LogP contribution in [0.25, 0.3) is 0 Å². The summed E-state index contributed by atoms with van der Waals surface area (Å²) in [6.07, 6.45) is 1.10. The zero-order valence-corrected chi connectivity index (χ0v) is 5.94. The molecule has 0 unspecified atom stereocenters. The summed E-state index contributed by atoms with van der Waals surface area (Å²) in [7, 11) is 0. The van der Waals surface area contributed by atoms with Crippen molar-refractivity contribution in [3.8, 4) is 0 Å². The fourth-order valence-corrected chi connectivity index (χ4v) is 0.270. The highest BCUT2D eigenvalue weighted by Gasteiger charge is 1.88. The van der Waals surface area contributed by atoms with Crippen molar-refractivity contribution in [1.29, 1.82) is 0 Å². The van der Waals surface area contributed by atoms with Crippen LogP contribution in [0.4, 0.5) is 0 Å². The third kappa shape index (κ3) is 7.46. The van der Waals surface area contributed by atoms with Crippen LogP contribution in [-0.4, -0.2) is 17.6 Å². The molecular formula is C5H10ClNO2. The van der Waals surface area contributed by atoms with E-state index in [9.17, 15) is 4.79 Å². The van der Waals surface area contributed by atoms with Crippen LogP contribution in [0.3, 0.4) is 0 Å². The molecule has 0 heterocycles. The summed E-state index contributed by atoms with van der Waals surface area (Å²) < 4.78 is 0. The molecule has 0 aromatic rings. The highest BCUT2D eigenvalue weighted by atomic mass is 35.5. The standard InChI is InChI=1S/C5H9NO2.ClH/c1-4(3-6)2-5(7)8;/h2H,3,6H2,1H3,(H,7,8);1H/b4-2+;. The lowest BCUT2D eigenvalue weighted by Crippen LogP contribution is -2.02. The molecule has 0 rings (SSSR count). The van der Waals surface area contributed by atoms with E-state index in [2.05, 4.69) is 0 Å². The van der Waals surface area contributed by atoms with Crippen LogP contribution >= 0.6 is 12.4 Å². The van der Waals surface area contributed by atoms with Crippen LogP contribution in [0.2, 0.25) is 0 Å². The largest absolute Gasteiger partial charge is 0.478 e. The van der Waals surface area contributed by atoms with Crippen LogP contribution in [0.5, 0.6) is 0 Å². The molecule has 54 valence electrons. The van der Waals surface area contributed by atoms with Crippen molar-refractivity contribution in [2.24, 2.45) is 5.73 Å². The van der Waals surface area contributed by atoms with Gasteiger partial charge in [-0.1, -0.05) is 5.57 Å². The summed E-state index contributed by atoms with van der Waals surface area (Å²) in [6.45, 7) is 1.99. The molecule has 0 bridgehead atoms. The van der Waals surface area contributed by atoms with Crippen molar-refractivity contribution in [1.82, 2.24) is 0 Å². The molecule has 0 amide bonds. The van der Waals surface area contributed by atoms with Gasteiger partial charge in [-0.2, -0.15) is 0 Å². The predicted molar refractivity (Wildman–Crippen MR) is 37.7 cm³/mol. The molecule has 0 aromatic heterocycles. The first kappa shape index (κ1) is 11.3. The van der Waals surface area contributed by atoms with E-state index in [1.54, 1.807) is 6.92 Å². The molecule has 0 atom stereocenters. The van der Waals surface area contributed by atoms with Gasteiger partial charge in [-0.15, -0.1) is 12.4 Å². The molecule has 4 heteroatoms. The van der Waals surface area contributed by atoms with Gasteiger partial charge >= 0.3 is 5.97 Å². The number of nitrogens with two attached hydrogens (primary N) is 1. The van der Waals surface area contributed by atoms with Gasteiger partial charge in [-0.25, -0.2) is 4.79 Å². The van der Waals surface area contributed by atoms with E-state index < -0.39 is 5.97 Å². The number of hydrogen-bond donors (Lipinski definition) is 2. The molecule has 0 aliphatic rings. The number of carbonyl (C=O) groups is 1. The predicted octanol–water partition coefficient (Wildman–Crippen LogP) is 0.398. The van der Waals surface area contributed by atoms with Gasteiger partial charge in [-0.05, 0) is 6.92 Å². The summed E-state index contributed by atoms with van der Waals surface area (Å²) >= 11 is 0. The van der Waals surface area contributed by atoms with Crippen molar-refractivity contribution in [3.63, 3.8) is 0 Å². The Hall–Kier alpha value is -0.540. The summed E-state index contributed by atoms with van der Waals surface area (Å²) in [4.78, 5) is 9.84. The average Bonchev–Trinajstić information content (AvgIpc) is 1.65. The van der Waals surface area contributed by atoms with Gasteiger partial charge in [0.25, 0.3) is 0 Å². The molecular weight excluding hydrogens is 142 g/mol. The fraction of sp³-hybridized carbons (Fsp3) is 0.400. The first-order valence-corrected chi connectivity index (χ1v) is 2.27. The minimum Gasteiger partial charge on any atom is -0.478 e. The molecule has 0 fully saturated rings. The maximum absolute atomic E-state index is 9.84. The van der Waals surface area contributed by atoms with Gasteiger partial charge in [0.1, 0.15) is 0 Å². The Balaban J connectivity index is 0. The number of halogens is 1. The summed E-state index contributed by atoms with van der Waals surface area (Å²) in [5.41, 5.74) is 5.77. The molecule has 0 saturated heterocycles. The van der Waals surface area contributed by atoms with Crippen molar-refractivity contribution < 1.29 is 9.90 Å². The zero-order chi connectivity index (χ0) is 6.57. The second-order valence-corrected chi connectivity index (χ2v) is 1.53. The Morgan fingerprint density at radius 3 is 2.33 bits per heavy atom. The SMILES string of the molecule is C/C(=C\C(=O)O)CN.Cl. The molecule has 0 aromatic carbocycles. The maximum atomic E-state index is 9.84. The Bertz CT molecular complexity index is 122. The van der Waals surface area contributed by atoms with Crippen molar-refractivity contribution >= 4 is 18.4 Å². The van der Waals surface area contributed by atoms with Gasteiger partial charge in [-0.3, -0.25) is 0 Å². The van der Waals surface area contributed by atoms with Gasteiger partial charge < -0.3 is 10.8 Å². The molecule has 0 aliphatic carbocycles. The van der Waals surface area contributed by atoms with Gasteiger partial charge in [0.2, 0.25) is 0 Å². The summed E-state index contributed by atoms with van der Waals surface area (Å²) in [6, 6.07) is 0. The smallest absolute Gasteiger partial charge is 0.328 e. The average molecular weight is 152 g/mol. The molecule has 3 N–H and O–H groups in total. The highest BCUT2D eigenvalue weighted by molar-refractivity contribution is 5.85. The van der Waals surface area contributed by atoms with E-state index in [1.165, 1.54) is 0 Å². The van der Waals surface area contributed by atoms with Crippen LogP contribution < -0.4 is 5.73 Å². The second-order valence-electron chi connectivity index (χ2n) is 1.53. The minimum atomic E-state index is -0.937. The number of aliphatic carboxylic acids is 1. The maximum Gasteiger partial charge on any atom is 0.328 e. The fourth-order valence-electron chi connectivity index (χ4n) is 0.270. The van der Waals surface area contributed by atoms with E-state index in [4.69, 9.17) is 10.8 Å². The molecule has 0 radical (unpaired) electrons.